The number of hydrogen-bond acceptors (Lipinski definition) is 3. The molecular weight excluding hydrogens is 188 g/mol. The minimum Gasteiger partial charge on any atom is -0.393 e. The van der Waals surface area contributed by atoms with Gasteiger partial charge in [-0.1, -0.05) is 0 Å². The predicted molar refractivity (Wildman–Crippen MR) is 64.0 cm³/mol. The normalized spacial score (nSPS) is 27.2. The molecule has 3 heteroatoms. The lowest BCUT2D eigenvalue weighted by atomic mass is 10.1. The van der Waals surface area contributed by atoms with Gasteiger partial charge in [0.25, 0.3) is 0 Å². The number of rotatable bonds is 4. The van der Waals surface area contributed by atoms with E-state index in [1.165, 1.54) is 6.54 Å². The summed E-state index contributed by atoms with van der Waals surface area (Å²) < 4.78 is 0. The first kappa shape index (κ1) is 12.9. The molecule has 0 aliphatic carbocycles. The van der Waals surface area contributed by atoms with Gasteiger partial charge in [0, 0.05) is 38.3 Å². The average Bonchev–Trinajstić information content (AvgIpc) is 2.14. The summed E-state index contributed by atoms with van der Waals surface area (Å²) in [5, 5.41) is 9.25. The van der Waals surface area contributed by atoms with E-state index in [-0.39, 0.29) is 6.10 Å². The highest BCUT2D eigenvalue weighted by molar-refractivity contribution is 4.81. The molecule has 0 bridgehead atoms. The number of nitrogens with zero attached hydrogens (tertiary/aromatic N) is 2. The van der Waals surface area contributed by atoms with E-state index in [1.807, 2.05) is 6.92 Å². The molecule has 3 nitrogen and oxygen atoms in total. The summed E-state index contributed by atoms with van der Waals surface area (Å²) >= 11 is 0. The van der Waals surface area contributed by atoms with E-state index in [2.05, 4.69) is 30.6 Å². The fraction of sp³-hybridized carbons (Fsp3) is 1.00. The van der Waals surface area contributed by atoms with E-state index in [0.717, 1.165) is 26.1 Å². The maximum Gasteiger partial charge on any atom is 0.0524 e. The summed E-state index contributed by atoms with van der Waals surface area (Å²) in [6.45, 7) is 13.2. The molecule has 1 fully saturated rings. The first-order valence-corrected chi connectivity index (χ1v) is 6.17. The molecule has 0 aromatic rings. The highest BCUT2D eigenvalue weighted by Gasteiger charge is 2.24. The zero-order chi connectivity index (χ0) is 11.4. The third-order valence-electron chi connectivity index (χ3n) is 3.29. The zero-order valence-corrected chi connectivity index (χ0v) is 10.6. The molecular formula is C12H26N2O. The lowest BCUT2D eigenvalue weighted by Gasteiger charge is -2.42. The van der Waals surface area contributed by atoms with Crippen molar-refractivity contribution in [3.05, 3.63) is 0 Å². The van der Waals surface area contributed by atoms with Crippen LogP contribution in [0.15, 0.2) is 0 Å². The Morgan fingerprint density at radius 2 is 1.93 bits per heavy atom. The molecule has 1 heterocycles. The molecule has 2 unspecified atom stereocenters. The van der Waals surface area contributed by atoms with Crippen LogP contribution in [0.1, 0.15) is 34.1 Å². The van der Waals surface area contributed by atoms with Crippen molar-refractivity contribution in [2.24, 2.45) is 0 Å². The van der Waals surface area contributed by atoms with Gasteiger partial charge in [0.05, 0.1) is 6.10 Å². The zero-order valence-electron chi connectivity index (χ0n) is 10.6. The SMILES string of the molecule is CC(O)CCN1CCN(C(C)C)C(C)C1. The standard InChI is InChI=1S/C12H26N2O/c1-10(2)14-8-7-13(9-11(14)3)6-5-12(4)15/h10-12,15H,5-9H2,1-4H3. The molecule has 0 saturated carbocycles. The van der Waals surface area contributed by atoms with Crippen molar-refractivity contribution in [2.45, 2.75) is 52.3 Å². The van der Waals surface area contributed by atoms with Gasteiger partial charge in [-0.3, -0.25) is 4.90 Å². The van der Waals surface area contributed by atoms with Crippen molar-refractivity contribution >= 4 is 0 Å². The molecule has 0 spiro atoms. The summed E-state index contributed by atoms with van der Waals surface area (Å²) in [5.41, 5.74) is 0. The second-order valence-corrected chi connectivity index (χ2v) is 5.12. The van der Waals surface area contributed by atoms with Crippen molar-refractivity contribution in [1.29, 1.82) is 0 Å². The predicted octanol–water partition coefficient (Wildman–Crippen LogP) is 1.17. The van der Waals surface area contributed by atoms with E-state index in [0.29, 0.717) is 12.1 Å². The molecule has 0 aromatic heterocycles. The highest BCUT2D eigenvalue weighted by Crippen LogP contribution is 2.13. The molecule has 15 heavy (non-hydrogen) atoms. The Morgan fingerprint density at radius 3 is 2.40 bits per heavy atom. The van der Waals surface area contributed by atoms with Crippen LogP contribution in [-0.4, -0.2) is 59.3 Å². The molecule has 1 rings (SSSR count). The topological polar surface area (TPSA) is 26.7 Å². The lowest BCUT2D eigenvalue weighted by Crippen LogP contribution is -2.54. The molecule has 0 amide bonds. The second kappa shape index (κ2) is 5.83. The van der Waals surface area contributed by atoms with Crippen LogP contribution in [0.5, 0.6) is 0 Å². The Kier molecular flexibility index (Phi) is 5.03. The molecule has 1 saturated heterocycles. The second-order valence-electron chi connectivity index (χ2n) is 5.12. The van der Waals surface area contributed by atoms with Gasteiger partial charge in [0.2, 0.25) is 0 Å². The molecule has 1 aliphatic heterocycles. The Hall–Kier alpha value is -0.120. The van der Waals surface area contributed by atoms with E-state index in [4.69, 9.17) is 0 Å². The first-order chi connectivity index (χ1) is 7.00. The highest BCUT2D eigenvalue weighted by atomic mass is 16.3. The van der Waals surface area contributed by atoms with Crippen LogP contribution in [0.3, 0.4) is 0 Å². The summed E-state index contributed by atoms with van der Waals surface area (Å²) in [6.07, 6.45) is 0.734. The molecule has 2 atom stereocenters. The maximum absolute atomic E-state index is 9.25. The number of aliphatic hydroxyl groups excluding tert-OH is 1. The van der Waals surface area contributed by atoms with Crippen molar-refractivity contribution in [2.75, 3.05) is 26.2 Å². The molecule has 0 radical (unpaired) electrons. The Labute approximate surface area is 94.1 Å². The van der Waals surface area contributed by atoms with E-state index in [1.54, 1.807) is 0 Å². The van der Waals surface area contributed by atoms with Gasteiger partial charge in [0.15, 0.2) is 0 Å². The van der Waals surface area contributed by atoms with Crippen molar-refractivity contribution < 1.29 is 5.11 Å². The fourth-order valence-corrected chi connectivity index (χ4v) is 2.39. The molecule has 90 valence electrons. The maximum atomic E-state index is 9.25. The van der Waals surface area contributed by atoms with Gasteiger partial charge in [-0.15, -0.1) is 0 Å². The monoisotopic (exact) mass is 214 g/mol. The van der Waals surface area contributed by atoms with E-state index >= 15 is 0 Å². The fourth-order valence-electron chi connectivity index (χ4n) is 2.39. The van der Waals surface area contributed by atoms with Crippen LogP contribution in [0, 0.1) is 0 Å². The third-order valence-corrected chi connectivity index (χ3v) is 3.29. The average molecular weight is 214 g/mol. The van der Waals surface area contributed by atoms with Crippen LogP contribution in [0.2, 0.25) is 0 Å². The Balaban J connectivity index is 2.31. The molecule has 1 N–H and O–H groups in total. The van der Waals surface area contributed by atoms with Crippen LogP contribution in [0.4, 0.5) is 0 Å². The largest absolute Gasteiger partial charge is 0.393 e. The van der Waals surface area contributed by atoms with Crippen LogP contribution >= 0.6 is 0 Å². The number of piperazine rings is 1. The number of aliphatic hydroxyl groups is 1. The smallest absolute Gasteiger partial charge is 0.0524 e. The van der Waals surface area contributed by atoms with Gasteiger partial charge >= 0.3 is 0 Å². The third kappa shape index (κ3) is 4.09. The van der Waals surface area contributed by atoms with E-state index < -0.39 is 0 Å². The molecule has 1 aliphatic rings. The van der Waals surface area contributed by atoms with Gasteiger partial charge in [-0.05, 0) is 34.1 Å². The Bertz CT molecular complexity index is 182. The van der Waals surface area contributed by atoms with E-state index in [9.17, 15) is 5.11 Å². The van der Waals surface area contributed by atoms with Crippen molar-refractivity contribution in [3.8, 4) is 0 Å². The Morgan fingerprint density at radius 1 is 1.27 bits per heavy atom. The minimum atomic E-state index is -0.163. The minimum absolute atomic E-state index is 0.163. The lowest BCUT2D eigenvalue weighted by molar-refractivity contribution is 0.0518. The summed E-state index contributed by atoms with van der Waals surface area (Å²) in [4.78, 5) is 5.02. The summed E-state index contributed by atoms with van der Waals surface area (Å²) in [6, 6.07) is 1.30. The number of hydrogen-bond donors (Lipinski definition) is 1. The van der Waals surface area contributed by atoms with Crippen LogP contribution in [0.25, 0.3) is 0 Å². The van der Waals surface area contributed by atoms with Crippen LogP contribution < -0.4 is 0 Å². The van der Waals surface area contributed by atoms with Gasteiger partial charge in [-0.2, -0.15) is 0 Å². The van der Waals surface area contributed by atoms with Gasteiger partial charge < -0.3 is 10.0 Å². The van der Waals surface area contributed by atoms with Gasteiger partial charge in [-0.25, -0.2) is 0 Å². The van der Waals surface area contributed by atoms with Crippen molar-refractivity contribution in [3.63, 3.8) is 0 Å². The summed E-state index contributed by atoms with van der Waals surface area (Å²) in [5.74, 6) is 0. The van der Waals surface area contributed by atoms with Gasteiger partial charge in [0.1, 0.15) is 0 Å². The molecule has 0 aromatic carbocycles. The van der Waals surface area contributed by atoms with Crippen molar-refractivity contribution in [1.82, 2.24) is 9.80 Å². The first-order valence-electron chi connectivity index (χ1n) is 6.17. The quantitative estimate of drug-likeness (QED) is 0.761. The van der Waals surface area contributed by atoms with Crippen LogP contribution in [-0.2, 0) is 0 Å². The summed E-state index contributed by atoms with van der Waals surface area (Å²) in [7, 11) is 0.